The van der Waals surface area contributed by atoms with Crippen molar-refractivity contribution in [3.63, 3.8) is 0 Å². The van der Waals surface area contributed by atoms with E-state index in [9.17, 15) is 39.0 Å². The Hall–Kier alpha value is -5.71. The van der Waals surface area contributed by atoms with Crippen molar-refractivity contribution >= 4 is 41.5 Å². The number of rotatable bonds is 21. The fraction of sp³-hybridized carbons (Fsp3) is 0.457. The number of carboxylic acid groups (broad SMARTS) is 1. The number of benzene rings is 2. The number of amides is 5. The summed E-state index contributed by atoms with van der Waals surface area (Å²) < 4.78 is 0. The molecule has 0 aromatic heterocycles. The number of phenols is 1. The number of aliphatic imine (C=N–C) groups is 1. The molecule has 17 nitrogen and oxygen atoms in total. The van der Waals surface area contributed by atoms with Crippen LogP contribution in [0.15, 0.2) is 59.6 Å². The van der Waals surface area contributed by atoms with Crippen LogP contribution in [0.1, 0.15) is 51.2 Å². The van der Waals surface area contributed by atoms with Gasteiger partial charge in [-0.05, 0) is 61.8 Å². The number of nitrogens with zero attached hydrogens (tertiary/aromatic N) is 1. The van der Waals surface area contributed by atoms with Crippen LogP contribution in [0.5, 0.6) is 5.75 Å². The highest BCUT2D eigenvalue weighted by atomic mass is 16.4. The molecule has 284 valence electrons. The van der Waals surface area contributed by atoms with Gasteiger partial charge in [-0.1, -0.05) is 56.3 Å². The summed E-state index contributed by atoms with van der Waals surface area (Å²) in [6, 6.07) is 9.37. The molecule has 0 aliphatic heterocycles. The van der Waals surface area contributed by atoms with Crippen molar-refractivity contribution in [3.8, 4) is 5.75 Å². The molecular formula is C35H51N9O8. The molecular weight excluding hydrogens is 674 g/mol. The fourth-order valence-corrected chi connectivity index (χ4v) is 5.00. The van der Waals surface area contributed by atoms with Crippen LogP contribution in [-0.2, 0) is 41.6 Å². The van der Waals surface area contributed by atoms with E-state index in [4.69, 9.17) is 17.2 Å². The van der Waals surface area contributed by atoms with E-state index in [1.165, 1.54) is 19.1 Å². The average molecular weight is 726 g/mol. The Morgan fingerprint density at radius 2 is 1.33 bits per heavy atom. The van der Waals surface area contributed by atoms with Crippen LogP contribution >= 0.6 is 0 Å². The lowest BCUT2D eigenvalue weighted by atomic mass is 10.0. The molecule has 2 aromatic carbocycles. The van der Waals surface area contributed by atoms with E-state index in [1.54, 1.807) is 42.5 Å². The number of hydrogen-bond donors (Lipinski definition) is 10. The highest BCUT2D eigenvalue weighted by molar-refractivity contribution is 5.95. The second-order valence-electron chi connectivity index (χ2n) is 12.8. The summed E-state index contributed by atoms with van der Waals surface area (Å²) in [5.41, 5.74) is 18.0. The van der Waals surface area contributed by atoms with Crippen molar-refractivity contribution in [1.29, 1.82) is 0 Å². The number of carboxylic acids is 1. The average Bonchev–Trinajstić information content (AvgIpc) is 3.08. The minimum atomic E-state index is -1.27. The van der Waals surface area contributed by atoms with Gasteiger partial charge in [-0.3, -0.25) is 29.0 Å². The van der Waals surface area contributed by atoms with Crippen molar-refractivity contribution in [1.82, 2.24) is 26.6 Å². The quantitative estimate of drug-likeness (QED) is 0.0413. The smallest absolute Gasteiger partial charge is 0.326 e. The zero-order valence-electron chi connectivity index (χ0n) is 29.6. The molecule has 0 unspecified atom stereocenters. The molecule has 0 saturated carbocycles. The summed E-state index contributed by atoms with van der Waals surface area (Å²) in [6.45, 7) is 4.71. The summed E-state index contributed by atoms with van der Waals surface area (Å²) in [6.07, 6.45) is 0.679. The monoisotopic (exact) mass is 725 g/mol. The summed E-state index contributed by atoms with van der Waals surface area (Å²) in [4.78, 5) is 80.9. The lowest BCUT2D eigenvalue weighted by Gasteiger charge is -2.26. The van der Waals surface area contributed by atoms with Crippen molar-refractivity contribution in [2.75, 3.05) is 13.1 Å². The van der Waals surface area contributed by atoms with Gasteiger partial charge >= 0.3 is 5.97 Å². The molecule has 0 fully saturated rings. The SMILES string of the molecule is CC(C)C[C@H](NC(=O)[C@@H](Cc1ccccc1)NC(=O)CNC(=O)[C@H](C)NC(=O)[C@@H](N)Cc1ccc(O)cc1)C(=O)N[C@H](CCCN=C(N)N)C(=O)O. The van der Waals surface area contributed by atoms with Gasteiger partial charge in [0.25, 0.3) is 0 Å². The Balaban J connectivity index is 2.06. The minimum absolute atomic E-state index is 0.0352. The number of carbonyl (C=O) groups excluding carboxylic acids is 5. The zero-order chi connectivity index (χ0) is 38.8. The minimum Gasteiger partial charge on any atom is -0.508 e. The van der Waals surface area contributed by atoms with Gasteiger partial charge in [-0.25, -0.2) is 4.79 Å². The number of guanidine groups is 1. The Labute approximate surface area is 302 Å². The van der Waals surface area contributed by atoms with Crippen LogP contribution in [0.2, 0.25) is 0 Å². The maximum atomic E-state index is 13.6. The van der Waals surface area contributed by atoms with Crippen molar-refractivity contribution < 1.29 is 39.0 Å². The van der Waals surface area contributed by atoms with Crippen LogP contribution in [0.3, 0.4) is 0 Å². The van der Waals surface area contributed by atoms with Crippen molar-refractivity contribution in [3.05, 3.63) is 65.7 Å². The van der Waals surface area contributed by atoms with Crippen LogP contribution in [0.25, 0.3) is 0 Å². The van der Waals surface area contributed by atoms with Gasteiger partial charge < -0.3 is 54.0 Å². The van der Waals surface area contributed by atoms with Gasteiger partial charge in [-0.15, -0.1) is 0 Å². The highest BCUT2D eigenvalue weighted by Crippen LogP contribution is 2.12. The van der Waals surface area contributed by atoms with Gasteiger partial charge in [-0.2, -0.15) is 0 Å². The van der Waals surface area contributed by atoms with Crippen molar-refractivity contribution in [2.24, 2.45) is 28.1 Å². The predicted molar refractivity (Wildman–Crippen MR) is 193 cm³/mol. The first-order valence-electron chi connectivity index (χ1n) is 16.9. The third-order valence-corrected chi connectivity index (χ3v) is 7.74. The first-order valence-corrected chi connectivity index (χ1v) is 16.9. The molecule has 0 aliphatic rings. The maximum Gasteiger partial charge on any atom is 0.326 e. The second kappa shape index (κ2) is 21.5. The number of nitrogens with one attached hydrogen (secondary N) is 5. The van der Waals surface area contributed by atoms with E-state index >= 15 is 0 Å². The molecule has 5 atom stereocenters. The van der Waals surface area contributed by atoms with Gasteiger partial charge in [0, 0.05) is 13.0 Å². The molecule has 0 bridgehead atoms. The summed E-state index contributed by atoms with van der Waals surface area (Å²) in [7, 11) is 0. The summed E-state index contributed by atoms with van der Waals surface area (Å²) >= 11 is 0. The third-order valence-electron chi connectivity index (χ3n) is 7.74. The largest absolute Gasteiger partial charge is 0.508 e. The first kappa shape index (κ1) is 42.5. The van der Waals surface area contributed by atoms with Crippen LogP contribution < -0.4 is 43.8 Å². The predicted octanol–water partition coefficient (Wildman–Crippen LogP) is -1.24. The van der Waals surface area contributed by atoms with Gasteiger partial charge in [0.05, 0.1) is 12.6 Å². The van der Waals surface area contributed by atoms with Crippen LogP contribution in [0, 0.1) is 5.92 Å². The standard InChI is InChI=1S/C35H51N9O8/c1-20(2)16-27(32(49)43-26(34(51)52)10-7-15-39-35(37)38)44-33(50)28(18-22-8-5-4-6-9-22)42-29(46)19-40-30(47)21(3)41-31(48)25(36)17-23-11-13-24(45)14-12-23/h4-6,8-9,11-14,20-21,25-28,45H,7,10,15-19,36H2,1-3H3,(H,40,47)(H,41,48)(H,42,46)(H,43,49)(H,44,50)(H,51,52)(H4,37,38,39)/t21-,25-,26+,27-,28+/m0/s1. The number of nitrogens with two attached hydrogens (primary N) is 3. The van der Waals surface area contributed by atoms with E-state index in [1.807, 2.05) is 13.8 Å². The summed E-state index contributed by atoms with van der Waals surface area (Å²) in [5, 5.41) is 31.8. The molecule has 5 amide bonds. The molecule has 2 aromatic rings. The molecule has 52 heavy (non-hydrogen) atoms. The number of phenolic OH excluding ortho intramolecular Hbond substituents is 1. The Morgan fingerprint density at radius 1 is 0.731 bits per heavy atom. The number of aromatic hydroxyl groups is 1. The third kappa shape index (κ3) is 15.9. The maximum absolute atomic E-state index is 13.6. The molecule has 2 rings (SSSR count). The lowest BCUT2D eigenvalue weighted by Crippen LogP contribution is -2.57. The highest BCUT2D eigenvalue weighted by Gasteiger charge is 2.30. The normalized spacial score (nSPS) is 13.7. The van der Waals surface area contributed by atoms with E-state index in [0.29, 0.717) is 11.1 Å². The van der Waals surface area contributed by atoms with Gasteiger partial charge in [0.2, 0.25) is 29.5 Å². The summed E-state index contributed by atoms with van der Waals surface area (Å²) in [5.74, 6) is -4.83. The van der Waals surface area contributed by atoms with E-state index < -0.39 is 72.3 Å². The Kier molecular flexibility index (Phi) is 17.5. The second-order valence-corrected chi connectivity index (χ2v) is 12.8. The van der Waals surface area contributed by atoms with Crippen LogP contribution in [0.4, 0.5) is 0 Å². The van der Waals surface area contributed by atoms with Gasteiger partial charge in [0.15, 0.2) is 5.96 Å². The molecule has 0 spiro atoms. The van der Waals surface area contributed by atoms with E-state index in [2.05, 4.69) is 31.6 Å². The number of carbonyl (C=O) groups is 6. The first-order chi connectivity index (χ1) is 24.5. The van der Waals surface area contributed by atoms with E-state index in [-0.39, 0.29) is 56.3 Å². The molecule has 0 radical (unpaired) electrons. The zero-order valence-corrected chi connectivity index (χ0v) is 29.6. The van der Waals surface area contributed by atoms with Crippen LogP contribution in [-0.4, -0.2) is 95.0 Å². The molecule has 13 N–H and O–H groups in total. The van der Waals surface area contributed by atoms with Crippen molar-refractivity contribution in [2.45, 2.75) is 83.1 Å². The molecule has 0 heterocycles. The molecule has 0 aliphatic carbocycles. The molecule has 0 saturated heterocycles. The Bertz CT molecular complexity index is 1530. The number of hydrogen-bond acceptors (Lipinski definition) is 9. The number of aliphatic carboxylic acids is 1. The van der Waals surface area contributed by atoms with E-state index in [0.717, 1.165) is 0 Å². The Morgan fingerprint density at radius 3 is 1.92 bits per heavy atom. The topological polar surface area (TPSA) is 293 Å². The molecule has 17 heteroatoms. The van der Waals surface area contributed by atoms with Gasteiger partial charge in [0.1, 0.15) is 29.9 Å². The fourth-order valence-electron chi connectivity index (χ4n) is 5.00. The lowest BCUT2D eigenvalue weighted by molar-refractivity contribution is -0.142.